The van der Waals surface area contributed by atoms with Crippen molar-refractivity contribution in [3.8, 4) is 5.75 Å². The molecule has 0 radical (unpaired) electrons. The second-order valence-electron chi connectivity index (χ2n) is 14.3. The van der Waals surface area contributed by atoms with Crippen molar-refractivity contribution in [3.05, 3.63) is 118 Å². The Morgan fingerprint density at radius 1 is 0.778 bits per heavy atom. The monoisotopic (exact) mass is 602 g/mol. The van der Waals surface area contributed by atoms with Gasteiger partial charge in [0.2, 0.25) is 0 Å². The van der Waals surface area contributed by atoms with Crippen LogP contribution in [-0.4, -0.2) is 29.0 Å². The zero-order valence-corrected chi connectivity index (χ0v) is 26.9. The van der Waals surface area contributed by atoms with Gasteiger partial charge in [-0.15, -0.1) is 0 Å². The molecule has 232 valence electrons. The summed E-state index contributed by atoms with van der Waals surface area (Å²) in [5.41, 5.74) is 6.64. The number of aryl methyl sites for hydroxylation is 1. The van der Waals surface area contributed by atoms with Gasteiger partial charge in [-0.3, -0.25) is 14.4 Å². The second-order valence-corrected chi connectivity index (χ2v) is 14.3. The maximum Gasteiger partial charge on any atom is 0.262 e. The predicted molar refractivity (Wildman–Crippen MR) is 177 cm³/mol. The standard InChI is InChI=1S/C39H42N2O4/c1-25-15-17-27(18-16-25)40-34(44)24-45-33-14-10-9-13-28(33)35-36-29(19-38(2,3)21-31(36)42)41(23-26-11-7-6-8-12-26)30-20-39(4,5)22-32(43)37(30)35/h6-18,35H,19-24H2,1-5H3,(H,40,44). The molecule has 0 unspecified atom stereocenters. The summed E-state index contributed by atoms with van der Waals surface area (Å²) < 4.78 is 6.19. The second kappa shape index (κ2) is 11.8. The van der Waals surface area contributed by atoms with Crippen molar-refractivity contribution in [1.29, 1.82) is 0 Å². The summed E-state index contributed by atoms with van der Waals surface area (Å²) in [6.45, 7) is 11.0. The van der Waals surface area contributed by atoms with Crippen LogP contribution in [0.15, 0.2) is 101 Å². The van der Waals surface area contributed by atoms with E-state index in [2.05, 4.69) is 50.0 Å². The first-order valence-corrected chi connectivity index (χ1v) is 15.8. The lowest BCUT2D eigenvalue weighted by Crippen LogP contribution is -2.44. The third-order valence-corrected chi connectivity index (χ3v) is 9.13. The van der Waals surface area contributed by atoms with Crippen molar-refractivity contribution in [2.24, 2.45) is 10.8 Å². The van der Waals surface area contributed by atoms with Crippen LogP contribution in [0.1, 0.15) is 76.0 Å². The van der Waals surface area contributed by atoms with Crippen molar-refractivity contribution in [2.45, 2.75) is 72.8 Å². The molecule has 6 nitrogen and oxygen atoms in total. The maximum atomic E-state index is 14.2. The van der Waals surface area contributed by atoms with Crippen LogP contribution in [0.3, 0.4) is 0 Å². The SMILES string of the molecule is Cc1ccc(NC(=O)COc2ccccc2C2C3=C(CC(C)(C)CC3=O)N(Cc3ccccc3)C3=C2C(=O)CC(C)(C)C3)cc1. The van der Waals surface area contributed by atoms with Crippen LogP contribution >= 0.6 is 0 Å². The number of anilines is 1. The van der Waals surface area contributed by atoms with E-state index in [-0.39, 0.29) is 34.9 Å². The molecule has 0 saturated heterocycles. The first kappa shape index (κ1) is 30.6. The molecular formula is C39H42N2O4. The molecule has 1 N–H and O–H groups in total. The molecule has 1 heterocycles. The number of rotatable bonds is 7. The quantitative estimate of drug-likeness (QED) is 0.298. The van der Waals surface area contributed by atoms with Gasteiger partial charge < -0.3 is 15.0 Å². The fourth-order valence-corrected chi connectivity index (χ4v) is 7.14. The first-order valence-electron chi connectivity index (χ1n) is 15.8. The van der Waals surface area contributed by atoms with Crippen molar-refractivity contribution in [3.63, 3.8) is 0 Å². The lowest BCUT2D eigenvalue weighted by Gasteiger charge is -2.49. The highest BCUT2D eigenvalue weighted by molar-refractivity contribution is 6.07. The lowest BCUT2D eigenvalue weighted by molar-refractivity contribution is -0.120. The molecule has 0 bridgehead atoms. The molecule has 1 amide bonds. The van der Waals surface area contributed by atoms with E-state index in [0.717, 1.165) is 40.9 Å². The normalized spacial score (nSPS) is 19.3. The largest absolute Gasteiger partial charge is 0.483 e. The smallest absolute Gasteiger partial charge is 0.262 e. The van der Waals surface area contributed by atoms with Crippen LogP contribution in [0.2, 0.25) is 0 Å². The highest BCUT2D eigenvalue weighted by Crippen LogP contribution is 2.55. The van der Waals surface area contributed by atoms with Crippen LogP contribution in [0.5, 0.6) is 5.75 Å². The summed E-state index contributed by atoms with van der Waals surface area (Å²) in [7, 11) is 0. The Balaban J connectivity index is 1.44. The van der Waals surface area contributed by atoms with Gasteiger partial charge in [0, 0.05) is 59.1 Å². The summed E-state index contributed by atoms with van der Waals surface area (Å²) in [4.78, 5) is 43.6. The van der Waals surface area contributed by atoms with Crippen molar-refractivity contribution in [1.82, 2.24) is 4.90 Å². The van der Waals surface area contributed by atoms with E-state index in [1.807, 2.05) is 73.7 Å². The van der Waals surface area contributed by atoms with Crippen molar-refractivity contribution < 1.29 is 19.1 Å². The molecule has 0 saturated carbocycles. The third-order valence-electron chi connectivity index (χ3n) is 9.13. The molecule has 0 aromatic heterocycles. The molecule has 0 atom stereocenters. The number of allylic oxidation sites excluding steroid dienone is 4. The van der Waals surface area contributed by atoms with Gasteiger partial charge in [0.1, 0.15) is 5.75 Å². The fourth-order valence-electron chi connectivity index (χ4n) is 7.14. The molecule has 0 fully saturated rings. The number of Topliss-reactive ketones (excluding diaryl/α,β-unsaturated/α-hetero) is 2. The number of nitrogens with zero attached hydrogens (tertiary/aromatic N) is 1. The maximum absolute atomic E-state index is 14.2. The highest BCUT2D eigenvalue weighted by atomic mass is 16.5. The molecule has 2 aliphatic carbocycles. The average Bonchev–Trinajstić information content (AvgIpc) is 2.97. The molecule has 1 aliphatic heterocycles. The first-order chi connectivity index (χ1) is 21.4. The molecule has 3 aromatic carbocycles. The van der Waals surface area contributed by atoms with Crippen molar-refractivity contribution >= 4 is 23.2 Å². The van der Waals surface area contributed by atoms with Crippen LogP contribution in [0, 0.1) is 17.8 Å². The minimum Gasteiger partial charge on any atom is -0.483 e. The molecule has 45 heavy (non-hydrogen) atoms. The van der Waals surface area contributed by atoms with E-state index in [1.54, 1.807) is 0 Å². The number of ether oxygens (including phenoxy) is 1. The minimum atomic E-state index is -0.550. The van der Waals surface area contributed by atoms with Crippen LogP contribution < -0.4 is 10.1 Å². The van der Waals surface area contributed by atoms with Crippen LogP contribution in [-0.2, 0) is 20.9 Å². The minimum absolute atomic E-state index is 0.0698. The Morgan fingerprint density at radius 3 is 1.93 bits per heavy atom. The van der Waals surface area contributed by atoms with E-state index >= 15 is 0 Å². The van der Waals surface area contributed by atoms with Gasteiger partial charge in [-0.05, 0) is 54.4 Å². The van der Waals surface area contributed by atoms with Crippen molar-refractivity contribution in [2.75, 3.05) is 11.9 Å². The van der Waals surface area contributed by atoms with E-state index in [9.17, 15) is 14.4 Å². The van der Waals surface area contributed by atoms with Gasteiger partial charge in [0.25, 0.3) is 5.91 Å². The van der Waals surface area contributed by atoms with Crippen LogP contribution in [0.25, 0.3) is 0 Å². The van der Waals surface area contributed by atoms with E-state index in [4.69, 9.17) is 4.74 Å². The van der Waals surface area contributed by atoms with Crippen LogP contribution in [0.4, 0.5) is 5.69 Å². The topological polar surface area (TPSA) is 75.7 Å². The Hall–Kier alpha value is -4.45. The molecule has 3 aromatic rings. The number of hydrogen-bond acceptors (Lipinski definition) is 5. The average molecular weight is 603 g/mol. The Labute approximate surface area is 266 Å². The van der Waals surface area contributed by atoms with Gasteiger partial charge in [-0.25, -0.2) is 0 Å². The Bertz CT molecular complexity index is 1660. The summed E-state index contributed by atoms with van der Waals surface area (Å²) in [5.74, 6) is -0.185. The number of carbonyl (C=O) groups is 3. The van der Waals surface area contributed by atoms with E-state index in [0.29, 0.717) is 42.0 Å². The molecule has 6 heteroatoms. The summed E-state index contributed by atoms with van der Waals surface area (Å²) in [6, 6.07) is 25.4. The molecule has 3 aliphatic rings. The van der Waals surface area contributed by atoms with Gasteiger partial charge in [0.05, 0.1) is 0 Å². The Kier molecular flexibility index (Phi) is 8.02. The summed E-state index contributed by atoms with van der Waals surface area (Å²) in [6.07, 6.45) is 2.27. The molecule has 6 rings (SSSR count). The summed E-state index contributed by atoms with van der Waals surface area (Å²) in [5, 5.41) is 2.89. The van der Waals surface area contributed by atoms with Gasteiger partial charge in [-0.1, -0.05) is 93.9 Å². The highest BCUT2D eigenvalue weighted by Gasteiger charge is 2.49. The lowest BCUT2D eigenvalue weighted by atomic mass is 9.63. The van der Waals surface area contributed by atoms with Gasteiger partial charge in [0.15, 0.2) is 18.2 Å². The Morgan fingerprint density at radius 2 is 1.33 bits per heavy atom. The number of amides is 1. The number of benzene rings is 3. The zero-order valence-electron chi connectivity index (χ0n) is 26.9. The number of carbonyl (C=O) groups excluding carboxylic acids is 3. The third kappa shape index (κ3) is 6.37. The number of nitrogens with one attached hydrogen (secondary N) is 1. The summed E-state index contributed by atoms with van der Waals surface area (Å²) >= 11 is 0. The fraction of sp³-hybridized carbons (Fsp3) is 0.359. The molecule has 0 spiro atoms. The molecular weight excluding hydrogens is 560 g/mol. The van der Waals surface area contributed by atoms with Gasteiger partial charge >= 0.3 is 0 Å². The predicted octanol–water partition coefficient (Wildman–Crippen LogP) is 7.90. The van der Waals surface area contributed by atoms with E-state index < -0.39 is 5.92 Å². The van der Waals surface area contributed by atoms with Gasteiger partial charge in [-0.2, -0.15) is 0 Å². The number of para-hydroxylation sites is 1. The van der Waals surface area contributed by atoms with E-state index in [1.165, 1.54) is 0 Å². The number of hydrogen-bond donors (Lipinski definition) is 1. The number of ketones is 2. The zero-order chi connectivity index (χ0) is 31.9.